The van der Waals surface area contributed by atoms with Gasteiger partial charge < -0.3 is 15.0 Å². The van der Waals surface area contributed by atoms with Crippen molar-refractivity contribution in [1.82, 2.24) is 0 Å². The predicted molar refractivity (Wildman–Crippen MR) is 126 cm³/mol. The third-order valence-corrected chi connectivity index (χ3v) is 5.73. The van der Waals surface area contributed by atoms with Gasteiger partial charge in [-0.05, 0) is 82.8 Å². The highest BCUT2D eigenvalue weighted by Crippen LogP contribution is 2.38. The van der Waals surface area contributed by atoms with Crippen LogP contribution in [0.15, 0.2) is 66.7 Å². The van der Waals surface area contributed by atoms with Gasteiger partial charge in [0, 0.05) is 34.7 Å². The third kappa shape index (κ3) is 3.76. The summed E-state index contributed by atoms with van der Waals surface area (Å²) in [7, 11) is 5.66. The van der Waals surface area contributed by atoms with E-state index in [4.69, 9.17) is 4.74 Å². The molecule has 29 heavy (non-hydrogen) atoms. The molecule has 4 rings (SSSR count). The minimum absolute atomic E-state index is 0.0240. The van der Waals surface area contributed by atoms with E-state index in [-0.39, 0.29) is 12.1 Å². The Morgan fingerprint density at radius 1 is 1.00 bits per heavy atom. The molecule has 1 atom stereocenters. The van der Waals surface area contributed by atoms with Gasteiger partial charge in [0.2, 0.25) is 0 Å². The Bertz CT molecular complexity index is 1030. The fourth-order valence-electron chi connectivity index (χ4n) is 3.47. The first-order chi connectivity index (χ1) is 14.0. The van der Waals surface area contributed by atoms with Crippen LogP contribution in [0.1, 0.15) is 22.1 Å². The van der Waals surface area contributed by atoms with Crippen LogP contribution in [0, 0.1) is 3.57 Å². The maximum absolute atomic E-state index is 13.5. The fraction of sp³-hybridized carbons (Fsp3) is 0.174. The minimum Gasteiger partial charge on any atom is -0.497 e. The van der Waals surface area contributed by atoms with Gasteiger partial charge in [0.15, 0.2) is 0 Å². The molecule has 0 saturated carbocycles. The van der Waals surface area contributed by atoms with Crippen LogP contribution in [0.3, 0.4) is 0 Å². The van der Waals surface area contributed by atoms with Crippen molar-refractivity contribution in [2.24, 2.45) is 0 Å². The lowest BCUT2D eigenvalue weighted by molar-refractivity contribution is 0.0975. The van der Waals surface area contributed by atoms with E-state index in [1.54, 1.807) is 7.11 Å². The number of halogens is 1. The van der Waals surface area contributed by atoms with E-state index in [1.165, 1.54) is 0 Å². The number of ether oxygens (including phenoxy) is 1. The summed E-state index contributed by atoms with van der Waals surface area (Å²) in [5, 5.41) is 3.55. The van der Waals surface area contributed by atoms with Crippen LogP contribution in [0.2, 0.25) is 0 Å². The standard InChI is InChI=1S/C23H22IN3O2/c1-26(2)17-7-4-15(5-8-17)22-25-21-13-6-16(24)14-20(21)23(28)27(22)18-9-11-19(29-3)12-10-18/h4-14,22,25H,1-3H3. The molecule has 0 fully saturated rings. The molecule has 1 amide bonds. The summed E-state index contributed by atoms with van der Waals surface area (Å²) in [5.74, 6) is 0.733. The highest BCUT2D eigenvalue weighted by molar-refractivity contribution is 14.1. The van der Waals surface area contributed by atoms with Crippen molar-refractivity contribution < 1.29 is 9.53 Å². The molecule has 0 aliphatic carbocycles. The fourth-order valence-corrected chi connectivity index (χ4v) is 3.97. The monoisotopic (exact) mass is 499 g/mol. The van der Waals surface area contributed by atoms with E-state index >= 15 is 0 Å². The molecular formula is C23H22IN3O2. The van der Waals surface area contributed by atoms with Crippen LogP contribution < -0.4 is 19.9 Å². The van der Waals surface area contributed by atoms with Crippen LogP contribution in [0.25, 0.3) is 0 Å². The summed E-state index contributed by atoms with van der Waals surface area (Å²) < 4.78 is 6.31. The number of carbonyl (C=O) groups is 1. The molecule has 1 unspecified atom stereocenters. The SMILES string of the molecule is COc1ccc(N2C(=O)c3cc(I)ccc3NC2c2ccc(N(C)C)cc2)cc1. The molecule has 0 radical (unpaired) electrons. The number of nitrogens with zero attached hydrogens (tertiary/aromatic N) is 2. The molecule has 3 aromatic carbocycles. The molecular weight excluding hydrogens is 477 g/mol. The summed E-state index contributed by atoms with van der Waals surface area (Å²) in [5.41, 5.74) is 4.47. The number of hydrogen-bond acceptors (Lipinski definition) is 4. The number of nitrogens with one attached hydrogen (secondary N) is 1. The number of rotatable bonds is 4. The smallest absolute Gasteiger partial charge is 0.262 e. The average molecular weight is 499 g/mol. The van der Waals surface area contributed by atoms with Gasteiger partial charge in [0.05, 0.1) is 12.7 Å². The van der Waals surface area contributed by atoms with E-state index in [0.29, 0.717) is 5.56 Å². The topological polar surface area (TPSA) is 44.8 Å². The molecule has 0 spiro atoms. The lowest BCUT2D eigenvalue weighted by Crippen LogP contribution is -2.43. The molecule has 6 heteroatoms. The summed E-state index contributed by atoms with van der Waals surface area (Å²) in [6, 6.07) is 21.7. The number of fused-ring (bicyclic) bond motifs is 1. The van der Waals surface area contributed by atoms with Gasteiger partial charge in [0.25, 0.3) is 5.91 Å². The number of anilines is 3. The van der Waals surface area contributed by atoms with Crippen LogP contribution in [0.5, 0.6) is 5.75 Å². The Hall–Kier alpha value is -2.74. The zero-order chi connectivity index (χ0) is 20.5. The van der Waals surface area contributed by atoms with Crippen LogP contribution in [-0.4, -0.2) is 27.1 Å². The summed E-state index contributed by atoms with van der Waals surface area (Å²) in [6.07, 6.45) is -0.306. The minimum atomic E-state index is -0.306. The van der Waals surface area contributed by atoms with Gasteiger partial charge in [-0.2, -0.15) is 0 Å². The molecule has 3 aromatic rings. The first-order valence-electron chi connectivity index (χ1n) is 9.29. The first kappa shape index (κ1) is 19.6. The number of carbonyl (C=O) groups excluding carboxylic acids is 1. The van der Waals surface area contributed by atoms with Gasteiger partial charge in [-0.1, -0.05) is 12.1 Å². The van der Waals surface area contributed by atoms with Crippen molar-refractivity contribution in [3.05, 3.63) is 81.4 Å². The molecule has 1 N–H and O–H groups in total. The number of hydrogen-bond donors (Lipinski definition) is 1. The quantitative estimate of drug-likeness (QED) is 0.506. The van der Waals surface area contributed by atoms with Crippen LogP contribution >= 0.6 is 22.6 Å². The van der Waals surface area contributed by atoms with E-state index in [9.17, 15) is 4.79 Å². The lowest BCUT2D eigenvalue weighted by Gasteiger charge is -2.38. The Morgan fingerprint density at radius 3 is 2.31 bits per heavy atom. The third-order valence-electron chi connectivity index (χ3n) is 5.06. The van der Waals surface area contributed by atoms with Crippen molar-refractivity contribution >= 4 is 45.6 Å². The highest BCUT2D eigenvalue weighted by Gasteiger charge is 2.34. The van der Waals surface area contributed by atoms with E-state index in [1.807, 2.05) is 61.5 Å². The maximum Gasteiger partial charge on any atom is 0.262 e. The van der Waals surface area contributed by atoms with Gasteiger partial charge in [-0.25, -0.2) is 0 Å². The first-order valence-corrected chi connectivity index (χ1v) is 10.4. The van der Waals surface area contributed by atoms with Crippen molar-refractivity contribution in [2.45, 2.75) is 6.17 Å². The molecule has 1 heterocycles. The molecule has 1 aliphatic heterocycles. The molecule has 0 saturated heterocycles. The van der Waals surface area contributed by atoms with Crippen molar-refractivity contribution in [2.75, 3.05) is 36.3 Å². The zero-order valence-corrected chi connectivity index (χ0v) is 18.7. The Balaban J connectivity index is 1.81. The second-order valence-electron chi connectivity index (χ2n) is 7.10. The highest BCUT2D eigenvalue weighted by atomic mass is 127. The van der Waals surface area contributed by atoms with Gasteiger partial charge >= 0.3 is 0 Å². The number of methoxy groups -OCH3 is 1. The van der Waals surface area contributed by atoms with E-state index in [0.717, 1.165) is 31.9 Å². The number of benzene rings is 3. The summed E-state index contributed by atoms with van der Waals surface area (Å²) >= 11 is 2.23. The van der Waals surface area contributed by atoms with Crippen LogP contribution in [-0.2, 0) is 0 Å². The lowest BCUT2D eigenvalue weighted by atomic mass is 10.0. The molecule has 0 bridgehead atoms. The summed E-state index contributed by atoms with van der Waals surface area (Å²) in [4.78, 5) is 17.4. The van der Waals surface area contributed by atoms with Gasteiger partial charge in [0.1, 0.15) is 11.9 Å². The van der Waals surface area contributed by atoms with Gasteiger partial charge in [-0.15, -0.1) is 0 Å². The molecule has 5 nitrogen and oxygen atoms in total. The van der Waals surface area contributed by atoms with E-state index in [2.05, 4.69) is 57.1 Å². The van der Waals surface area contributed by atoms with E-state index < -0.39 is 0 Å². The molecule has 148 valence electrons. The Labute approximate surface area is 184 Å². The Morgan fingerprint density at radius 2 is 1.69 bits per heavy atom. The second-order valence-corrected chi connectivity index (χ2v) is 8.34. The van der Waals surface area contributed by atoms with Crippen molar-refractivity contribution in [1.29, 1.82) is 0 Å². The zero-order valence-electron chi connectivity index (χ0n) is 16.5. The van der Waals surface area contributed by atoms with Crippen molar-refractivity contribution in [3.63, 3.8) is 0 Å². The average Bonchev–Trinajstić information content (AvgIpc) is 2.74. The predicted octanol–water partition coefficient (Wildman–Crippen LogP) is 5.14. The maximum atomic E-state index is 13.5. The normalized spacial score (nSPS) is 15.5. The Kier molecular flexibility index (Phi) is 5.36. The molecule has 1 aliphatic rings. The van der Waals surface area contributed by atoms with Crippen LogP contribution in [0.4, 0.5) is 17.1 Å². The van der Waals surface area contributed by atoms with Gasteiger partial charge in [-0.3, -0.25) is 9.69 Å². The van der Waals surface area contributed by atoms with Crippen molar-refractivity contribution in [3.8, 4) is 5.75 Å². The molecule has 0 aromatic heterocycles. The second kappa shape index (κ2) is 7.94. The number of amides is 1. The summed E-state index contributed by atoms with van der Waals surface area (Å²) in [6.45, 7) is 0. The largest absolute Gasteiger partial charge is 0.497 e.